The van der Waals surface area contributed by atoms with Crippen molar-refractivity contribution in [1.29, 1.82) is 0 Å². The molecule has 2 rings (SSSR count). The standard InChI is InChI=1S/C25H44N6O2/c1-2-3-4-5-6-8-11-15-20-22(21-16-14-18-31(21)25(28)30-20)23(32)33-19-13-10-7-9-12-17-29-24(26)27/h28H,2-19H2,1H3,(H4,26,27,29)/p+1. The zero-order chi connectivity index (χ0) is 23.9. The highest BCUT2D eigenvalue weighted by Gasteiger charge is 2.31. The molecule has 0 aromatic carbocycles. The van der Waals surface area contributed by atoms with Gasteiger partial charge in [0.2, 0.25) is 0 Å². The van der Waals surface area contributed by atoms with E-state index >= 15 is 0 Å². The third-order valence-corrected chi connectivity index (χ3v) is 6.28. The molecule has 0 saturated carbocycles. The lowest BCUT2D eigenvalue weighted by molar-refractivity contribution is -0.679. The van der Waals surface area contributed by atoms with Gasteiger partial charge in [-0.1, -0.05) is 69.7 Å². The van der Waals surface area contributed by atoms with Gasteiger partial charge in [-0.15, -0.1) is 0 Å². The van der Waals surface area contributed by atoms with Gasteiger partial charge in [-0.05, 0) is 25.7 Å². The van der Waals surface area contributed by atoms with Crippen LogP contribution in [0.5, 0.6) is 0 Å². The summed E-state index contributed by atoms with van der Waals surface area (Å²) in [6, 6.07) is 0. The first kappa shape index (κ1) is 26.9. The number of ether oxygens (including phenoxy) is 1. The summed E-state index contributed by atoms with van der Waals surface area (Å²) < 4.78 is 7.66. The Balaban J connectivity index is 1.82. The van der Waals surface area contributed by atoms with Gasteiger partial charge in [0.15, 0.2) is 5.96 Å². The summed E-state index contributed by atoms with van der Waals surface area (Å²) in [4.78, 5) is 21.6. The van der Waals surface area contributed by atoms with Crippen LogP contribution >= 0.6 is 0 Å². The number of hydrogen-bond acceptors (Lipinski definition) is 5. The van der Waals surface area contributed by atoms with Crippen LogP contribution in [0.15, 0.2) is 4.99 Å². The Bertz CT molecular complexity index is 762. The van der Waals surface area contributed by atoms with Crippen molar-refractivity contribution >= 4 is 17.9 Å². The van der Waals surface area contributed by atoms with Crippen molar-refractivity contribution in [3.8, 4) is 0 Å². The number of aliphatic imine (C=N–C) groups is 1. The number of guanidine groups is 1. The monoisotopic (exact) mass is 461 g/mol. The molecule has 6 N–H and O–H groups in total. The van der Waals surface area contributed by atoms with Crippen molar-refractivity contribution in [2.75, 3.05) is 18.9 Å². The van der Waals surface area contributed by atoms with E-state index in [1.807, 2.05) is 4.57 Å². The molecule has 8 heteroatoms. The second-order valence-corrected chi connectivity index (χ2v) is 9.08. The van der Waals surface area contributed by atoms with E-state index in [4.69, 9.17) is 21.9 Å². The fourth-order valence-corrected chi connectivity index (χ4v) is 4.46. The lowest BCUT2D eigenvalue weighted by atomic mass is 10.0. The van der Waals surface area contributed by atoms with Gasteiger partial charge in [0.1, 0.15) is 11.3 Å². The molecule has 0 unspecified atom stereocenters. The molecule has 0 saturated heterocycles. The van der Waals surface area contributed by atoms with Crippen LogP contribution < -0.4 is 21.8 Å². The smallest absolute Gasteiger partial charge is 0.389 e. The molecule has 0 aliphatic carbocycles. The summed E-state index contributed by atoms with van der Waals surface area (Å²) in [5.74, 6) is 0.437. The Kier molecular flexibility index (Phi) is 12.6. The SMILES string of the molecule is CCCCCCCCCc1nc(N)[n+]2c(c1C(=O)OCCCCCCCN=C(N)N)CCC2. The molecule has 2 heterocycles. The summed E-state index contributed by atoms with van der Waals surface area (Å²) >= 11 is 0. The Morgan fingerprint density at radius 3 is 2.39 bits per heavy atom. The summed E-state index contributed by atoms with van der Waals surface area (Å²) in [6.07, 6.45) is 16.2. The molecule has 0 bridgehead atoms. The lowest BCUT2D eigenvalue weighted by Crippen LogP contribution is -2.40. The van der Waals surface area contributed by atoms with E-state index in [0.29, 0.717) is 24.7 Å². The average molecular weight is 462 g/mol. The third-order valence-electron chi connectivity index (χ3n) is 6.28. The van der Waals surface area contributed by atoms with Crippen LogP contribution in [0.4, 0.5) is 5.95 Å². The molecule has 1 aromatic heterocycles. The highest BCUT2D eigenvalue weighted by molar-refractivity contribution is 5.91. The van der Waals surface area contributed by atoms with Crippen LogP contribution in [0, 0.1) is 0 Å². The first-order valence-corrected chi connectivity index (χ1v) is 13.0. The first-order valence-electron chi connectivity index (χ1n) is 13.0. The van der Waals surface area contributed by atoms with Crippen molar-refractivity contribution in [2.45, 2.75) is 110 Å². The Hall–Kier alpha value is -2.38. The van der Waals surface area contributed by atoms with Crippen molar-refractivity contribution in [1.82, 2.24) is 4.98 Å². The van der Waals surface area contributed by atoms with Gasteiger partial charge in [0, 0.05) is 19.4 Å². The number of nitrogens with zero attached hydrogens (tertiary/aromatic N) is 3. The predicted molar refractivity (Wildman–Crippen MR) is 133 cm³/mol. The maximum atomic E-state index is 13.0. The zero-order valence-corrected chi connectivity index (χ0v) is 20.6. The molecule has 0 spiro atoms. The molecule has 1 aliphatic heterocycles. The van der Waals surface area contributed by atoms with E-state index in [-0.39, 0.29) is 11.9 Å². The number of aromatic nitrogens is 2. The summed E-state index contributed by atoms with van der Waals surface area (Å²) in [6.45, 7) is 4.17. The van der Waals surface area contributed by atoms with E-state index in [0.717, 1.165) is 82.1 Å². The topological polar surface area (TPSA) is 133 Å². The molecular weight excluding hydrogens is 416 g/mol. The van der Waals surface area contributed by atoms with Crippen LogP contribution in [0.1, 0.15) is 112 Å². The Morgan fingerprint density at radius 2 is 1.67 bits per heavy atom. The largest absolute Gasteiger partial charge is 0.462 e. The van der Waals surface area contributed by atoms with Gasteiger partial charge < -0.3 is 16.2 Å². The van der Waals surface area contributed by atoms with Crippen LogP contribution in [0.3, 0.4) is 0 Å². The number of carbonyl (C=O) groups is 1. The number of carbonyl (C=O) groups excluding carboxylic acids is 1. The number of rotatable bonds is 17. The van der Waals surface area contributed by atoms with Gasteiger partial charge in [-0.3, -0.25) is 10.7 Å². The minimum Gasteiger partial charge on any atom is -0.462 e. The molecule has 0 radical (unpaired) electrons. The van der Waals surface area contributed by atoms with E-state index < -0.39 is 0 Å². The van der Waals surface area contributed by atoms with Crippen molar-refractivity contribution in [2.24, 2.45) is 16.5 Å². The van der Waals surface area contributed by atoms with Gasteiger partial charge in [0.05, 0.1) is 18.8 Å². The maximum Gasteiger partial charge on any atom is 0.389 e. The lowest BCUT2D eigenvalue weighted by Gasteiger charge is -2.11. The second kappa shape index (κ2) is 15.5. The van der Waals surface area contributed by atoms with E-state index in [1.54, 1.807) is 0 Å². The van der Waals surface area contributed by atoms with E-state index in [1.165, 1.54) is 32.1 Å². The predicted octanol–water partition coefficient (Wildman–Crippen LogP) is 3.57. The van der Waals surface area contributed by atoms with E-state index in [9.17, 15) is 4.79 Å². The fraction of sp³-hybridized carbons (Fsp3) is 0.760. The average Bonchev–Trinajstić information content (AvgIpc) is 3.27. The molecule has 1 aliphatic rings. The van der Waals surface area contributed by atoms with Gasteiger partial charge in [0.25, 0.3) is 0 Å². The Morgan fingerprint density at radius 1 is 1.00 bits per heavy atom. The minimum atomic E-state index is -0.237. The molecule has 8 nitrogen and oxygen atoms in total. The van der Waals surface area contributed by atoms with Gasteiger partial charge >= 0.3 is 11.9 Å². The number of nitrogen functional groups attached to an aromatic ring is 1. The Labute approximate surface area is 199 Å². The molecule has 0 amide bonds. The van der Waals surface area contributed by atoms with Crippen LogP contribution in [-0.4, -0.2) is 30.1 Å². The number of hydrogen-bond donors (Lipinski definition) is 3. The van der Waals surface area contributed by atoms with E-state index in [2.05, 4.69) is 16.9 Å². The molecule has 0 fully saturated rings. The molecule has 0 atom stereocenters. The number of unbranched alkanes of at least 4 members (excludes halogenated alkanes) is 10. The quantitative estimate of drug-likeness (QED) is 0.107. The normalized spacial score (nSPS) is 12.5. The maximum absolute atomic E-state index is 13.0. The third kappa shape index (κ3) is 9.56. The first-order chi connectivity index (χ1) is 16.0. The van der Waals surface area contributed by atoms with Crippen LogP contribution in [0.25, 0.3) is 0 Å². The number of anilines is 1. The van der Waals surface area contributed by atoms with Crippen molar-refractivity contribution in [3.63, 3.8) is 0 Å². The molecule has 33 heavy (non-hydrogen) atoms. The summed E-state index contributed by atoms with van der Waals surface area (Å²) in [5.41, 5.74) is 19.4. The summed E-state index contributed by atoms with van der Waals surface area (Å²) in [7, 11) is 0. The zero-order valence-electron chi connectivity index (χ0n) is 20.6. The number of aryl methyl sites for hydroxylation is 1. The highest BCUT2D eigenvalue weighted by Crippen LogP contribution is 2.21. The number of esters is 1. The summed E-state index contributed by atoms with van der Waals surface area (Å²) in [5, 5.41) is 0. The minimum absolute atomic E-state index is 0.148. The fourth-order valence-electron chi connectivity index (χ4n) is 4.46. The van der Waals surface area contributed by atoms with Gasteiger partial charge in [-0.2, -0.15) is 0 Å². The molecule has 186 valence electrons. The van der Waals surface area contributed by atoms with Gasteiger partial charge in [-0.25, -0.2) is 9.36 Å². The molecule has 1 aromatic rings. The van der Waals surface area contributed by atoms with Crippen molar-refractivity contribution in [3.05, 3.63) is 17.0 Å². The number of nitrogens with two attached hydrogens (primary N) is 3. The molecular formula is C25H45N6O2+. The van der Waals surface area contributed by atoms with Crippen LogP contribution in [0.2, 0.25) is 0 Å². The highest BCUT2D eigenvalue weighted by atomic mass is 16.5. The second-order valence-electron chi connectivity index (χ2n) is 9.08. The van der Waals surface area contributed by atoms with Crippen LogP contribution in [-0.2, 0) is 24.1 Å². The van der Waals surface area contributed by atoms with Crippen molar-refractivity contribution < 1.29 is 14.1 Å². The number of fused-ring (bicyclic) bond motifs is 1.